The van der Waals surface area contributed by atoms with Crippen molar-refractivity contribution in [3.63, 3.8) is 0 Å². The molecular formula is C30H42ClN3O7. The van der Waals surface area contributed by atoms with E-state index in [4.69, 9.17) is 35.6 Å². The number of aliphatic hydroxyl groups excluding tert-OH is 1. The number of hydrogen-bond donors (Lipinski definition) is 1. The summed E-state index contributed by atoms with van der Waals surface area (Å²) in [5, 5.41) is 16.5. The number of piperidine rings is 1. The molecule has 1 amide bonds. The van der Waals surface area contributed by atoms with Gasteiger partial charge in [0, 0.05) is 60.8 Å². The molecule has 2 aliphatic rings. The summed E-state index contributed by atoms with van der Waals surface area (Å²) in [5.41, 5.74) is 1.90. The number of aliphatic hydroxyl groups is 1. The highest BCUT2D eigenvalue weighted by Gasteiger charge is 2.46. The fourth-order valence-corrected chi connectivity index (χ4v) is 6.42. The number of hydrogen-bond acceptors (Lipinski definition) is 8. The van der Waals surface area contributed by atoms with Crippen molar-refractivity contribution in [1.29, 1.82) is 0 Å². The fourth-order valence-electron chi connectivity index (χ4n) is 6.11. The van der Waals surface area contributed by atoms with Gasteiger partial charge in [-0.2, -0.15) is 5.10 Å². The molecule has 3 atom stereocenters. The maximum atomic E-state index is 12.6. The molecule has 1 aromatic carbocycles. The molecule has 2 unspecified atom stereocenters. The molecule has 1 aliphatic heterocycles. The van der Waals surface area contributed by atoms with Crippen LogP contribution in [-0.2, 0) is 23.0 Å². The average Bonchev–Trinajstić information content (AvgIpc) is 3.23. The van der Waals surface area contributed by atoms with Crippen molar-refractivity contribution in [3.8, 4) is 17.2 Å². The maximum absolute atomic E-state index is 12.6. The van der Waals surface area contributed by atoms with E-state index in [1.54, 1.807) is 17.9 Å². The van der Waals surface area contributed by atoms with E-state index in [0.717, 1.165) is 36.1 Å². The quantitative estimate of drug-likeness (QED) is 0.440. The molecule has 1 fully saturated rings. The Balaban J connectivity index is 1.56. The number of halogens is 1. The van der Waals surface area contributed by atoms with Crippen LogP contribution in [0.25, 0.3) is 0 Å². The van der Waals surface area contributed by atoms with Crippen molar-refractivity contribution in [2.24, 2.45) is 12.5 Å². The monoisotopic (exact) mass is 591 g/mol. The summed E-state index contributed by atoms with van der Waals surface area (Å²) in [6, 6.07) is 1.67. The lowest BCUT2D eigenvalue weighted by molar-refractivity contribution is -0.120. The van der Waals surface area contributed by atoms with Crippen LogP contribution in [0.15, 0.2) is 6.07 Å². The summed E-state index contributed by atoms with van der Waals surface area (Å²) < 4.78 is 24.5. The van der Waals surface area contributed by atoms with E-state index in [0.29, 0.717) is 48.7 Å². The predicted octanol–water partition coefficient (Wildman–Crippen LogP) is 5.15. The minimum atomic E-state index is -0.916. The number of aromatic nitrogens is 2. The summed E-state index contributed by atoms with van der Waals surface area (Å²) in [7, 11) is 4.92. The number of benzene rings is 1. The number of methoxy groups -OCH3 is 2. The van der Waals surface area contributed by atoms with Crippen LogP contribution in [0.5, 0.6) is 17.2 Å². The molecule has 4 rings (SSSR count). The van der Waals surface area contributed by atoms with Crippen molar-refractivity contribution in [2.75, 3.05) is 27.3 Å². The Labute approximate surface area is 246 Å². The van der Waals surface area contributed by atoms with E-state index in [-0.39, 0.29) is 17.0 Å². The Morgan fingerprint density at radius 1 is 1.22 bits per heavy atom. The van der Waals surface area contributed by atoms with Crippen LogP contribution in [0, 0.1) is 12.3 Å². The van der Waals surface area contributed by atoms with Gasteiger partial charge in [-0.25, -0.2) is 4.79 Å². The van der Waals surface area contributed by atoms with Crippen LogP contribution >= 0.6 is 11.6 Å². The molecule has 0 radical (unpaired) electrons. The summed E-state index contributed by atoms with van der Waals surface area (Å²) in [5.74, 6) is 1.34. The summed E-state index contributed by atoms with van der Waals surface area (Å²) >= 11 is 6.59. The maximum Gasteiger partial charge on any atom is 0.410 e. The van der Waals surface area contributed by atoms with Crippen LogP contribution in [0.4, 0.5) is 4.79 Å². The zero-order valence-electron chi connectivity index (χ0n) is 25.2. The predicted molar refractivity (Wildman–Crippen MR) is 154 cm³/mol. The molecule has 11 heteroatoms. The minimum Gasteiger partial charge on any atom is -0.496 e. The molecule has 1 N–H and O–H groups in total. The van der Waals surface area contributed by atoms with Crippen LogP contribution in [0.2, 0.25) is 5.02 Å². The van der Waals surface area contributed by atoms with E-state index in [2.05, 4.69) is 0 Å². The normalized spacial score (nSPS) is 22.1. The van der Waals surface area contributed by atoms with E-state index in [1.165, 1.54) is 14.2 Å². The Morgan fingerprint density at radius 2 is 1.85 bits per heavy atom. The number of amides is 1. The van der Waals surface area contributed by atoms with Gasteiger partial charge in [0.05, 0.1) is 26.0 Å². The average molecular weight is 592 g/mol. The number of fused-ring (bicyclic) bond motifs is 1. The third-order valence-electron chi connectivity index (χ3n) is 8.19. The van der Waals surface area contributed by atoms with E-state index < -0.39 is 23.2 Å². The van der Waals surface area contributed by atoms with Gasteiger partial charge in [-0.15, -0.1) is 0 Å². The van der Waals surface area contributed by atoms with Crippen LogP contribution in [0.1, 0.15) is 81.5 Å². The van der Waals surface area contributed by atoms with Crippen LogP contribution < -0.4 is 14.2 Å². The third kappa shape index (κ3) is 6.14. The van der Waals surface area contributed by atoms with E-state index in [1.807, 2.05) is 39.4 Å². The molecule has 2 heterocycles. The van der Waals surface area contributed by atoms with Crippen molar-refractivity contribution in [2.45, 2.75) is 84.0 Å². The van der Waals surface area contributed by atoms with E-state index >= 15 is 0 Å². The van der Waals surface area contributed by atoms with Gasteiger partial charge in [-0.3, -0.25) is 9.48 Å². The summed E-state index contributed by atoms with van der Waals surface area (Å²) in [4.78, 5) is 26.8. The van der Waals surface area contributed by atoms with Gasteiger partial charge in [0.25, 0.3) is 0 Å². The van der Waals surface area contributed by atoms with Gasteiger partial charge in [-0.1, -0.05) is 18.5 Å². The number of nitrogens with zero attached hydrogens (tertiary/aromatic N) is 3. The number of aryl methyl sites for hydroxylation is 1. The molecule has 1 aromatic heterocycles. The van der Waals surface area contributed by atoms with Crippen molar-refractivity contribution < 1.29 is 33.6 Å². The highest BCUT2D eigenvalue weighted by molar-refractivity contribution is 6.33. The van der Waals surface area contributed by atoms with Gasteiger partial charge >= 0.3 is 6.09 Å². The molecule has 10 nitrogen and oxygen atoms in total. The van der Waals surface area contributed by atoms with Crippen LogP contribution in [0.3, 0.4) is 0 Å². The molecule has 1 saturated heterocycles. The fraction of sp³-hybridized carbons (Fsp3) is 0.633. The van der Waals surface area contributed by atoms with Gasteiger partial charge in [-0.05, 0) is 47.0 Å². The molecule has 1 aliphatic carbocycles. The van der Waals surface area contributed by atoms with Gasteiger partial charge in [0.15, 0.2) is 12.4 Å². The van der Waals surface area contributed by atoms with E-state index in [9.17, 15) is 14.7 Å². The molecule has 226 valence electrons. The first-order valence-electron chi connectivity index (χ1n) is 14.0. The number of carbonyl (C=O) groups excluding carboxylic acids is 2. The largest absolute Gasteiger partial charge is 0.496 e. The zero-order valence-corrected chi connectivity index (χ0v) is 26.0. The first-order valence-corrected chi connectivity index (χ1v) is 14.4. The second-order valence-electron chi connectivity index (χ2n) is 12.4. The lowest BCUT2D eigenvalue weighted by atomic mass is 9.69. The summed E-state index contributed by atoms with van der Waals surface area (Å²) in [6.07, 6.45) is 0.926. The van der Waals surface area contributed by atoms with Gasteiger partial charge in [0.1, 0.15) is 27.9 Å². The minimum absolute atomic E-state index is 0.137. The molecule has 2 aromatic rings. The zero-order chi connectivity index (χ0) is 30.3. The van der Waals surface area contributed by atoms with Crippen molar-refractivity contribution in [3.05, 3.63) is 33.6 Å². The molecular weight excluding hydrogens is 550 g/mol. The number of likely N-dealkylation sites (tertiary alicyclic amines) is 1. The van der Waals surface area contributed by atoms with Crippen molar-refractivity contribution >= 4 is 24.0 Å². The second kappa shape index (κ2) is 11.7. The SMILES string of the molecule is COc1cc(OC)c(Cl)c(OC(C=O)[C@@]2(C)Cc3nn(C)c(C4CCN(C(=O)OC(C)(C)C)CC4)c3C(O)C2)c1C. The third-order valence-corrected chi connectivity index (χ3v) is 8.54. The first kappa shape index (κ1) is 31.0. The lowest BCUT2D eigenvalue weighted by Crippen LogP contribution is -2.44. The number of ether oxygens (including phenoxy) is 4. The van der Waals surface area contributed by atoms with Crippen molar-refractivity contribution in [1.82, 2.24) is 14.7 Å². The smallest absolute Gasteiger partial charge is 0.410 e. The standard InChI is InChI=1S/C30H42ClN3O7/c1-17-21(38-7)13-22(39-8)25(31)27(17)40-23(16-35)30(5)14-19-24(20(36)15-30)26(33(6)32-19)18-9-11-34(12-10-18)28(37)41-29(2,3)4/h13,16,18,20,23,36H,9-12,14-15H2,1-8H3/t20?,23?,30-/m0/s1. The molecule has 41 heavy (non-hydrogen) atoms. The Bertz CT molecular complexity index is 1270. The first-order chi connectivity index (χ1) is 19.2. The topological polar surface area (TPSA) is 112 Å². The number of carbonyl (C=O) groups is 2. The summed E-state index contributed by atoms with van der Waals surface area (Å²) in [6.45, 7) is 10.4. The lowest BCUT2D eigenvalue weighted by Gasteiger charge is -2.40. The Hall–Kier alpha value is -2.98. The highest BCUT2D eigenvalue weighted by atomic mass is 35.5. The Kier molecular flexibility index (Phi) is 8.85. The number of rotatable bonds is 7. The highest BCUT2D eigenvalue weighted by Crippen LogP contribution is 2.49. The number of aldehydes is 1. The second-order valence-corrected chi connectivity index (χ2v) is 12.8. The van der Waals surface area contributed by atoms with Crippen LogP contribution in [-0.4, -0.2) is 71.2 Å². The van der Waals surface area contributed by atoms with Gasteiger partial charge in [0.2, 0.25) is 0 Å². The molecule has 0 bridgehead atoms. The van der Waals surface area contributed by atoms with Gasteiger partial charge < -0.3 is 29.0 Å². The molecule has 0 saturated carbocycles. The Morgan fingerprint density at radius 3 is 2.41 bits per heavy atom. The molecule has 0 spiro atoms.